The molecule has 2 atom stereocenters. The summed E-state index contributed by atoms with van der Waals surface area (Å²) in [6, 6.07) is 16.7. The van der Waals surface area contributed by atoms with Crippen molar-refractivity contribution in [2.75, 3.05) is 27.3 Å². The van der Waals surface area contributed by atoms with Crippen LogP contribution < -0.4 is 15.4 Å². The Labute approximate surface area is 168 Å². The van der Waals surface area contributed by atoms with Crippen LogP contribution in [0.15, 0.2) is 53.5 Å². The minimum atomic E-state index is 0.137. The van der Waals surface area contributed by atoms with Gasteiger partial charge in [0.15, 0.2) is 5.96 Å². The maximum absolute atomic E-state index is 6.12. The van der Waals surface area contributed by atoms with Crippen LogP contribution in [0.1, 0.15) is 35.6 Å². The molecule has 2 aromatic rings. The molecule has 0 radical (unpaired) electrons. The van der Waals surface area contributed by atoms with E-state index in [9.17, 15) is 0 Å². The number of aryl methyl sites for hydroxylation is 1. The minimum absolute atomic E-state index is 0.137. The molecule has 2 N–H and O–H groups in total. The van der Waals surface area contributed by atoms with Crippen molar-refractivity contribution < 1.29 is 9.47 Å². The lowest BCUT2D eigenvalue weighted by molar-refractivity contribution is -0.0265. The van der Waals surface area contributed by atoms with Crippen LogP contribution in [-0.4, -0.2) is 33.3 Å². The lowest BCUT2D eigenvalue weighted by atomic mass is 9.89. The summed E-state index contributed by atoms with van der Waals surface area (Å²) < 4.78 is 11.4. The molecule has 2 unspecified atom stereocenters. The van der Waals surface area contributed by atoms with Crippen LogP contribution in [0.2, 0.25) is 0 Å². The van der Waals surface area contributed by atoms with Crippen molar-refractivity contribution in [3.05, 3.63) is 65.2 Å². The normalized spacial score (nSPS) is 19.9. The number of aliphatic imine (C=N–C) groups is 1. The van der Waals surface area contributed by atoms with Crippen molar-refractivity contribution in [3.63, 3.8) is 0 Å². The van der Waals surface area contributed by atoms with Gasteiger partial charge in [-0.15, -0.1) is 0 Å². The average molecular weight is 382 g/mol. The Hall–Kier alpha value is -2.53. The number of guanidine groups is 1. The van der Waals surface area contributed by atoms with Crippen molar-refractivity contribution in [2.45, 2.75) is 32.4 Å². The van der Waals surface area contributed by atoms with E-state index in [-0.39, 0.29) is 6.10 Å². The third kappa shape index (κ3) is 5.49. The molecule has 1 saturated heterocycles. The highest BCUT2D eigenvalue weighted by atomic mass is 16.5. The summed E-state index contributed by atoms with van der Waals surface area (Å²) in [5.41, 5.74) is 3.69. The fourth-order valence-electron chi connectivity index (χ4n) is 3.59. The van der Waals surface area contributed by atoms with Gasteiger partial charge in [0.2, 0.25) is 0 Å². The van der Waals surface area contributed by atoms with Crippen molar-refractivity contribution in [3.8, 4) is 5.75 Å². The molecule has 3 rings (SSSR count). The Morgan fingerprint density at radius 3 is 2.75 bits per heavy atom. The molecule has 1 fully saturated rings. The van der Waals surface area contributed by atoms with Gasteiger partial charge in [-0.25, -0.2) is 0 Å². The van der Waals surface area contributed by atoms with E-state index in [0.29, 0.717) is 12.5 Å². The Morgan fingerprint density at radius 1 is 1.18 bits per heavy atom. The molecule has 0 aliphatic carbocycles. The lowest BCUT2D eigenvalue weighted by Crippen LogP contribution is -2.41. The molecular weight excluding hydrogens is 350 g/mol. The third-order valence-electron chi connectivity index (χ3n) is 5.20. The number of methoxy groups -OCH3 is 1. The van der Waals surface area contributed by atoms with Gasteiger partial charge >= 0.3 is 0 Å². The van der Waals surface area contributed by atoms with E-state index in [1.807, 2.05) is 18.2 Å². The van der Waals surface area contributed by atoms with Crippen LogP contribution in [-0.2, 0) is 11.3 Å². The number of rotatable bonds is 6. The highest BCUT2D eigenvalue weighted by molar-refractivity contribution is 5.79. The zero-order valence-corrected chi connectivity index (χ0v) is 17.1. The van der Waals surface area contributed by atoms with Gasteiger partial charge < -0.3 is 20.1 Å². The maximum atomic E-state index is 6.12. The first kappa shape index (κ1) is 20.2. The van der Waals surface area contributed by atoms with Gasteiger partial charge in [0.05, 0.1) is 13.2 Å². The number of nitrogens with one attached hydrogen (secondary N) is 2. The number of hydrogen-bond donors (Lipinski definition) is 2. The van der Waals surface area contributed by atoms with E-state index in [1.54, 1.807) is 14.2 Å². The summed E-state index contributed by atoms with van der Waals surface area (Å²) in [5, 5.41) is 6.86. The molecule has 0 spiro atoms. The molecule has 0 saturated carbocycles. The number of nitrogens with zero attached hydrogens (tertiary/aromatic N) is 1. The number of hydrogen-bond acceptors (Lipinski definition) is 3. The number of benzene rings is 2. The summed E-state index contributed by atoms with van der Waals surface area (Å²) in [5.74, 6) is 2.09. The van der Waals surface area contributed by atoms with Crippen molar-refractivity contribution in [1.29, 1.82) is 0 Å². The summed E-state index contributed by atoms with van der Waals surface area (Å²) in [4.78, 5) is 4.36. The van der Waals surface area contributed by atoms with Gasteiger partial charge in [-0.3, -0.25) is 4.99 Å². The molecule has 5 nitrogen and oxygen atoms in total. The second-order valence-electron chi connectivity index (χ2n) is 7.26. The third-order valence-corrected chi connectivity index (χ3v) is 5.20. The molecule has 0 aromatic heterocycles. The second-order valence-corrected chi connectivity index (χ2v) is 7.26. The Morgan fingerprint density at radius 2 is 2.00 bits per heavy atom. The fraction of sp³-hybridized carbons (Fsp3) is 0.435. The summed E-state index contributed by atoms with van der Waals surface area (Å²) in [6.07, 6.45) is 2.39. The van der Waals surface area contributed by atoms with Crippen molar-refractivity contribution in [1.82, 2.24) is 10.6 Å². The molecule has 150 valence electrons. The lowest BCUT2D eigenvalue weighted by Gasteiger charge is -2.32. The van der Waals surface area contributed by atoms with Gasteiger partial charge in [0.1, 0.15) is 5.75 Å². The molecule has 5 heteroatoms. The minimum Gasteiger partial charge on any atom is -0.497 e. The SMILES string of the molecule is CN=C(NCc1cccc(OC)c1)NCC1CCCOC1c1ccc(C)cc1. The van der Waals surface area contributed by atoms with Gasteiger partial charge in [-0.1, -0.05) is 42.0 Å². The van der Waals surface area contributed by atoms with Crippen LogP contribution >= 0.6 is 0 Å². The molecule has 0 bridgehead atoms. The summed E-state index contributed by atoms with van der Waals surface area (Å²) in [7, 11) is 3.49. The Bertz CT molecular complexity index is 774. The molecular formula is C23H31N3O2. The van der Waals surface area contributed by atoms with E-state index in [1.165, 1.54) is 11.1 Å². The van der Waals surface area contributed by atoms with E-state index < -0.39 is 0 Å². The first-order valence-electron chi connectivity index (χ1n) is 9.95. The Balaban J connectivity index is 1.56. The molecule has 28 heavy (non-hydrogen) atoms. The first-order chi connectivity index (χ1) is 13.7. The van der Waals surface area contributed by atoms with E-state index >= 15 is 0 Å². The zero-order valence-electron chi connectivity index (χ0n) is 17.1. The number of ether oxygens (including phenoxy) is 2. The monoisotopic (exact) mass is 381 g/mol. The van der Waals surface area contributed by atoms with Crippen LogP contribution in [0.3, 0.4) is 0 Å². The van der Waals surface area contributed by atoms with Gasteiger partial charge in [0.25, 0.3) is 0 Å². The highest BCUT2D eigenvalue weighted by Gasteiger charge is 2.27. The van der Waals surface area contributed by atoms with Crippen molar-refractivity contribution >= 4 is 5.96 Å². The predicted molar refractivity (Wildman–Crippen MR) is 114 cm³/mol. The maximum Gasteiger partial charge on any atom is 0.191 e. The van der Waals surface area contributed by atoms with E-state index in [4.69, 9.17) is 9.47 Å². The van der Waals surface area contributed by atoms with Crippen LogP contribution in [0.5, 0.6) is 5.75 Å². The van der Waals surface area contributed by atoms with Gasteiger partial charge in [0, 0.05) is 32.7 Å². The van der Waals surface area contributed by atoms with E-state index in [2.05, 4.69) is 52.9 Å². The largest absolute Gasteiger partial charge is 0.497 e. The van der Waals surface area contributed by atoms with Crippen molar-refractivity contribution in [2.24, 2.45) is 10.9 Å². The fourth-order valence-corrected chi connectivity index (χ4v) is 3.59. The topological polar surface area (TPSA) is 54.9 Å². The molecule has 1 aliphatic rings. The quantitative estimate of drug-likeness (QED) is 0.590. The standard InChI is InChI=1S/C23H31N3O2/c1-17-9-11-19(12-10-17)22-20(7-5-13-28-22)16-26-23(24-2)25-15-18-6-4-8-21(14-18)27-3/h4,6,8-12,14,20,22H,5,7,13,15-16H2,1-3H3,(H2,24,25,26). The van der Waals surface area contributed by atoms with Gasteiger partial charge in [-0.05, 0) is 43.0 Å². The molecule has 0 amide bonds. The average Bonchev–Trinajstić information content (AvgIpc) is 2.75. The highest BCUT2D eigenvalue weighted by Crippen LogP contribution is 2.33. The summed E-state index contributed by atoms with van der Waals surface area (Å²) in [6.45, 7) is 4.47. The van der Waals surface area contributed by atoms with E-state index in [0.717, 1.165) is 43.3 Å². The second kappa shape index (κ2) is 10.1. The van der Waals surface area contributed by atoms with Crippen LogP contribution in [0, 0.1) is 12.8 Å². The zero-order chi connectivity index (χ0) is 19.8. The first-order valence-corrected chi connectivity index (χ1v) is 9.95. The molecule has 2 aromatic carbocycles. The summed E-state index contributed by atoms with van der Waals surface area (Å²) >= 11 is 0. The Kier molecular flexibility index (Phi) is 7.31. The molecule has 1 heterocycles. The predicted octanol–water partition coefficient (Wildman–Crippen LogP) is 3.84. The van der Waals surface area contributed by atoms with Crippen LogP contribution in [0.4, 0.5) is 0 Å². The van der Waals surface area contributed by atoms with Crippen LogP contribution in [0.25, 0.3) is 0 Å². The molecule has 1 aliphatic heterocycles. The smallest absolute Gasteiger partial charge is 0.191 e. The van der Waals surface area contributed by atoms with Gasteiger partial charge in [-0.2, -0.15) is 0 Å².